The highest BCUT2D eigenvalue weighted by Gasteiger charge is 2.24. The molecule has 0 radical (unpaired) electrons. The van der Waals surface area contributed by atoms with Crippen LogP contribution in [0.1, 0.15) is 20.8 Å². The van der Waals surface area contributed by atoms with E-state index in [0.29, 0.717) is 49.0 Å². The molecule has 5 nitrogen and oxygen atoms in total. The number of fused-ring (bicyclic) bond motifs is 1. The Hall–Kier alpha value is -2.99. The first kappa shape index (κ1) is 26.1. The molecule has 0 saturated heterocycles. The number of halogens is 3. The molecule has 1 N–H and O–H groups in total. The maximum atomic E-state index is 13.6. The van der Waals surface area contributed by atoms with Crippen molar-refractivity contribution in [3.63, 3.8) is 0 Å². The maximum absolute atomic E-state index is 13.6. The molecule has 4 rings (SSSR count). The van der Waals surface area contributed by atoms with Gasteiger partial charge < -0.3 is 10.2 Å². The number of hydrogen-bond donors (Lipinski definition) is 1. The van der Waals surface area contributed by atoms with Crippen molar-refractivity contribution in [1.29, 1.82) is 0 Å². The van der Waals surface area contributed by atoms with E-state index in [1.165, 1.54) is 0 Å². The van der Waals surface area contributed by atoms with Crippen molar-refractivity contribution in [3.8, 4) is 22.4 Å². The van der Waals surface area contributed by atoms with Crippen molar-refractivity contribution in [2.75, 3.05) is 17.3 Å². The standard InChI is InChI=1S/C28H27Cl3N4O/c1-15(2)32-25-22-14-21(17-7-9-18(29)10-8-17)24(20-12-11-19(30)13-23(20)31)33-27(22)35(6)28(36)26(25)34(5)16(3)4/h7-14,16,32H,1H2,2-6H3. The molecule has 0 aliphatic rings. The number of rotatable bonds is 6. The normalized spacial score (nSPS) is 11.2. The van der Waals surface area contributed by atoms with Crippen molar-refractivity contribution in [2.45, 2.75) is 26.8 Å². The quantitative estimate of drug-likeness (QED) is 0.268. The van der Waals surface area contributed by atoms with E-state index < -0.39 is 0 Å². The van der Waals surface area contributed by atoms with Gasteiger partial charge in [0.05, 0.1) is 16.4 Å². The summed E-state index contributed by atoms with van der Waals surface area (Å²) < 4.78 is 1.58. The number of benzene rings is 2. The molecule has 0 aliphatic heterocycles. The summed E-state index contributed by atoms with van der Waals surface area (Å²) in [5.74, 6) is 0. The van der Waals surface area contributed by atoms with Crippen molar-refractivity contribution >= 4 is 57.2 Å². The number of pyridine rings is 2. The largest absolute Gasteiger partial charge is 0.366 e. The van der Waals surface area contributed by atoms with Crippen molar-refractivity contribution in [1.82, 2.24) is 9.55 Å². The SMILES string of the molecule is C=C(C)Nc1c(N(C)C(C)C)c(=O)n(C)c2nc(-c3ccc(Cl)cc3Cl)c(-c3ccc(Cl)cc3)cc12. The van der Waals surface area contributed by atoms with Crippen LogP contribution in [0, 0.1) is 0 Å². The number of anilines is 2. The molecule has 186 valence electrons. The Kier molecular flexibility index (Phi) is 7.37. The predicted molar refractivity (Wildman–Crippen MR) is 155 cm³/mol. The Morgan fingerprint density at radius 2 is 1.67 bits per heavy atom. The molecule has 8 heteroatoms. The van der Waals surface area contributed by atoms with Crippen LogP contribution in [-0.2, 0) is 7.05 Å². The molecule has 0 unspecified atom stereocenters. The Balaban J connectivity index is 2.19. The van der Waals surface area contributed by atoms with Gasteiger partial charge in [0.15, 0.2) is 0 Å². The van der Waals surface area contributed by atoms with E-state index in [1.807, 2.05) is 69.1 Å². The summed E-state index contributed by atoms with van der Waals surface area (Å²) in [5, 5.41) is 5.73. The van der Waals surface area contributed by atoms with Crippen LogP contribution in [0.15, 0.2) is 65.6 Å². The van der Waals surface area contributed by atoms with Gasteiger partial charge in [-0.3, -0.25) is 9.36 Å². The minimum Gasteiger partial charge on any atom is -0.366 e. The second-order valence-corrected chi connectivity index (χ2v) is 10.4. The summed E-state index contributed by atoms with van der Waals surface area (Å²) in [7, 11) is 3.64. The van der Waals surface area contributed by atoms with E-state index in [-0.39, 0.29) is 11.6 Å². The molecule has 2 aromatic heterocycles. The molecule has 0 atom stereocenters. The third kappa shape index (κ3) is 4.83. The van der Waals surface area contributed by atoms with Gasteiger partial charge in [-0.2, -0.15) is 0 Å². The number of nitrogens with zero attached hydrogens (tertiary/aromatic N) is 3. The number of aryl methyl sites for hydroxylation is 1. The van der Waals surface area contributed by atoms with Crippen LogP contribution in [0.5, 0.6) is 0 Å². The van der Waals surface area contributed by atoms with Crippen LogP contribution in [-0.4, -0.2) is 22.6 Å². The number of allylic oxidation sites excluding steroid dienone is 1. The third-order valence-electron chi connectivity index (χ3n) is 6.14. The fourth-order valence-corrected chi connectivity index (χ4v) is 4.72. The Morgan fingerprint density at radius 1 is 1.03 bits per heavy atom. The minimum absolute atomic E-state index is 0.0941. The second kappa shape index (κ2) is 10.2. The van der Waals surface area contributed by atoms with Crippen molar-refractivity contribution < 1.29 is 0 Å². The first-order valence-corrected chi connectivity index (χ1v) is 12.6. The van der Waals surface area contributed by atoms with Gasteiger partial charge in [0.2, 0.25) is 0 Å². The highest BCUT2D eigenvalue weighted by molar-refractivity contribution is 6.36. The fourth-order valence-electron chi connectivity index (χ4n) is 4.09. The van der Waals surface area contributed by atoms with E-state index in [2.05, 4.69) is 11.9 Å². The van der Waals surface area contributed by atoms with Crippen LogP contribution in [0.25, 0.3) is 33.4 Å². The van der Waals surface area contributed by atoms with Gasteiger partial charge in [-0.25, -0.2) is 4.98 Å². The van der Waals surface area contributed by atoms with Gasteiger partial charge in [0.25, 0.3) is 5.56 Å². The summed E-state index contributed by atoms with van der Waals surface area (Å²) >= 11 is 19.0. The molecule has 0 amide bonds. The lowest BCUT2D eigenvalue weighted by Crippen LogP contribution is -2.34. The zero-order chi connectivity index (χ0) is 26.3. The molecule has 0 aliphatic carbocycles. The van der Waals surface area contributed by atoms with E-state index in [1.54, 1.807) is 23.7 Å². The van der Waals surface area contributed by atoms with Gasteiger partial charge >= 0.3 is 0 Å². The lowest BCUT2D eigenvalue weighted by molar-refractivity contribution is 0.742. The molecule has 0 spiro atoms. The molecule has 0 saturated carbocycles. The smallest absolute Gasteiger partial charge is 0.277 e. The van der Waals surface area contributed by atoms with E-state index in [9.17, 15) is 4.79 Å². The van der Waals surface area contributed by atoms with Crippen LogP contribution in [0.4, 0.5) is 11.4 Å². The van der Waals surface area contributed by atoms with Gasteiger partial charge in [-0.15, -0.1) is 0 Å². The molecule has 36 heavy (non-hydrogen) atoms. The van der Waals surface area contributed by atoms with Crippen LogP contribution in [0.2, 0.25) is 15.1 Å². The maximum Gasteiger partial charge on any atom is 0.277 e. The number of hydrogen-bond acceptors (Lipinski definition) is 4. The summed E-state index contributed by atoms with van der Waals surface area (Å²) in [4.78, 5) is 20.6. The second-order valence-electron chi connectivity index (χ2n) is 9.08. The zero-order valence-electron chi connectivity index (χ0n) is 20.8. The lowest BCUT2D eigenvalue weighted by atomic mass is 9.97. The third-order valence-corrected chi connectivity index (χ3v) is 6.94. The predicted octanol–water partition coefficient (Wildman–Crippen LogP) is 8.02. The monoisotopic (exact) mass is 540 g/mol. The minimum atomic E-state index is -0.164. The number of nitrogens with one attached hydrogen (secondary N) is 1. The average molecular weight is 542 g/mol. The molecule has 2 heterocycles. The summed E-state index contributed by atoms with van der Waals surface area (Å²) in [6.45, 7) is 9.96. The van der Waals surface area contributed by atoms with Gasteiger partial charge in [-0.1, -0.05) is 53.5 Å². The van der Waals surface area contributed by atoms with Gasteiger partial charge in [-0.05, 0) is 62.7 Å². The summed E-state index contributed by atoms with van der Waals surface area (Å²) in [6, 6.07) is 15.0. The topological polar surface area (TPSA) is 50.2 Å². The first-order chi connectivity index (χ1) is 17.0. The summed E-state index contributed by atoms with van der Waals surface area (Å²) in [6.07, 6.45) is 0. The number of aromatic nitrogens is 2. The molecule has 4 aromatic rings. The average Bonchev–Trinajstić information content (AvgIpc) is 2.82. The molecular formula is C28H27Cl3N4O. The van der Waals surface area contributed by atoms with E-state index in [0.717, 1.165) is 16.5 Å². The van der Waals surface area contributed by atoms with Crippen LogP contribution in [0.3, 0.4) is 0 Å². The zero-order valence-corrected chi connectivity index (χ0v) is 23.1. The first-order valence-electron chi connectivity index (χ1n) is 11.4. The van der Waals surface area contributed by atoms with Gasteiger partial charge in [0.1, 0.15) is 11.3 Å². The summed E-state index contributed by atoms with van der Waals surface area (Å²) in [5.41, 5.74) is 5.35. The van der Waals surface area contributed by atoms with E-state index >= 15 is 0 Å². The fraction of sp³-hybridized carbons (Fsp3) is 0.214. The lowest BCUT2D eigenvalue weighted by Gasteiger charge is -2.28. The van der Waals surface area contributed by atoms with Crippen LogP contribution >= 0.6 is 34.8 Å². The molecular weight excluding hydrogens is 515 g/mol. The molecule has 2 aromatic carbocycles. The molecule has 0 fully saturated rings. The van der Waals surface area contributed by atoms with Gasteiger partial charge in [0, 0.05) is 52.4 Å². The highest BCUT2D eigenvalue weighted by atomic mass is 35.5. The van der Waals surface area contributed by atoms with Crippen LogP contribution < -0.4 is 15.8 Å². The van der Waals surface area contributed by atoms with E-state index in [4.69, 9.17) is 39.8 Å². The molecule has 0 bridgehead atoms. The highest BCUT2D eigenvalue weighted by Crippen LogP contribution is 2.41. The van der Waals surface area contributed by atoms with Crippen molar-refractivity contribution in [2.24, 2.45) is 7.05 Å². The Morgan fingerprint density at radius 3 is 2.25 bits per heavy atom. The van der Waals surface area contributed by atoms with Crippen molar-refractivity contribution in [3.05, 3.63) is 86.2 Å². The Labute approximate surface area is 225 Å². The Bertz CT molecular complexity index is 1540.